The summed E-state index contributed by atoms with van der Waals surface area (Å²) in [5.74, 6) is 0.878. The van der Waals surface area contributed by atoms with E-state index in [2.05, 4.69) is 9.98 Å². The maximum Gasteiger partial charge on any atom is 0.240 e. The lowest BCUT2D eigenvalue weighted by molar-refractivity contribution is 0.395. The van der Waals surface area contributed by atoms with Gasteiger partial charge in [0.25, 0.3) is 0 Å². The molecule has 0 aliphatic carbocycles. The molecule has 0 aromatic heterocycles. The van der Waals surface area contributed by atoms with Crippen molar-refractivity contribution in [2.75, 3.05) is 14.2 Å². The number of isocyanates is 2. The molecule has 0 radical (unpaired) electrons. The molecule has 7 nitrogen and oxygen atoms in total. The number of aliphatic imine (C=N–C) groups is 2. The molecule has 0 unspecified atom stereocenters. The predicted octanol–water partition coefficient (Wildman–Crippen LogP) is 3.85. The van der Waals surface area contributed by atoms with E-state index in [1.807, 2.05) is 6.07 Å². The van der Waals surface area contributed by atoms with Crippen LogP contribution in [0.3, 0.4) is 0 Å². The highest BCUT2D eigenvalue weighted by atomic mass is 35.5. The minimum Gasteiger partial charge on any atom is -0.495 e. The van der Waals surface area contributed by atoms with Gasteiger partial charge in [-0.15, -0.1) is 0 Å². The second-order valence-corrected chi connectivity index (χ2v) is 4.63. The van der Waals surface area contributed by atoms with Gasteiger partial charge in [0.2, 0.25) is 12.2 Å². The fraction of sp³-hybridized carbons (Fsp3) is 0.118. The number of ether oxygens (including phenoxy) is 2. The van der Waals surface area contributed by atoms with E-state index in [1.165, 1.54) is 38.5 Å². The van der Waals surface area contributed by atoms with Crippen molar-refractivity contribution >= 4 is 35.1 Å². The maximum atomic E-state index is 10.1. The van der Waals surface area contributed by atoms with Crippen LogP contribution in [-0.4, -0.2) is 26.4 Å². The van der Waals surface area contributed by atoms with Crippen LogP contribution in [-0.2, 0) is 9.59 Å². The molecule has 25 heavy (non-hydrogen) atoms. The van der Waals surface area contributed by atoms with Gasteiger partial charge in [-0.3, -0.25) is 0 Å². The van der Waals surface area contributed by atoms with Crippen LogP contribution in [0.15, 0.2) is 46.4 Å². The quantitative estimate of drug-likeness (QED) is 0.611. The largest absolute Gasteiger partial charge is 0.495 e. The zero-order valence-electron chi connectivity index (χ0n) is 13.3. The van der Waals surface area contributed by atoms with Crippen molar-refractivity contribution in [2.45, 2.75) is 0 Å². The Morgan fingerprint density at radius 3 is 2.24 bits per heavy atom. The van der Waals surface area contributed by atoms with E-state index in [-0.39, 0.29) is 0 Å². The number of rotatable bonds is 4. The van der Waals surface area contributed by atoms with Crippen molar-refractivity contribution in [3.05, 3.63) is 47.0 Å². The highest BCUT2D eigenvalue weighted by Crippen LogP contribution is 2.37. The summed E-state index contributed by atoms with van der Waals surface area (Å²) in [6.07, 6.45) is 2.82. The van der Waals surface area contributed by atoms with Crippen molar-refractivity contribution < 1.29 is 19.1 Å². The molecule has 0 atom stereocenters. The van der Waals surface area contributed by atoms with E-state index in [4.69, 9.17) is 26.3 Å². The second kappa shape index (κ2) is 10.4. The third-order valence-corrected chi connectivity index (χ3v) is 3.06. The van der Waals surface area contributed by atoms with Crippen molar-refractivity contribution in [2.24, 2.45) is 9.98 Å². The van der Waals surface area contributed by atoms with Gasteiger partial charge in [-0.2, -0.15) is 15.2 Å². The Labute approximate surface area is 148 Å². The first kappa shape index (κ1) is 19.6. The number of methoxy groups -OCH3 is 2. The zero-order valence-corrected chi connectivity index (χ0v) is 14.1. The molecule has 8 heteroatoms. The summed E-state index contributed by atoms with van der Waals surface area (Å²) >= 11 is 5.82. The smallest absolute Gasteiger partial charge is 0.240 e. The molecular weight excluding hydrogens is 346 g/mol. The van der Waals surface area contributed by atoms with Gasteiger partial charge in [0.15, 0.2) is 0 Å². The number of hydrogen-bond acceptors (Lipinski definition) is 7. The minimum absolute atomic E-state index is 0.327. The summed E-state index contributed by atoms with van der Waals surface area (Å²) in [5, 5.41) is 8.80. The molecule has 0 saturated carbocycles. The summed E-state index contributed by atoms with van der Waals surface area (Å²) < 4.78 is 9.95. The molecule has 2 aromatic rings. The van der Waals surface area contributed by atoms with Crippen LogP contribution in [0.2, 0.25) is 5.02 Å². The van der Waals surface area contributed by atoms with Crippen molar-refractivity contribution in [3.8, 4) is 17.6 Å². The third kappa shape index (κ3) is 5.94. The average molecular weight is 358 g/mol. The third-order valence-electron chi connectivity index (χ3n) is 2.77. The number of nitrogens with zero attached hydrogens (tertiary/aromatic N) is 3. The van der Waals surface area contributed by atoms with Crippen molar-refractivity contribution in [1.29, 1.82) is 5.26 Å². The Hall–Kier alpha value is -3.42. The molecular formula is C17H12ClN3O4. The lowest BCUT2D eigenvalue weighted by Gasteiger charge is -2.07. The number of nitriles is 1. The Bertz CT molecular complexity index is 880. The Morgan fingerprint density at radius 1 is 1.00 bits per heavy atom. The van der Waals surface area contributed by atoms with E-state index < -0.39 is 0 Å². The highest BCUT2D eigenvalue weighted by Gasteiger charge is 2.08. The van der Waals surface area contributed by atoms with E-state index in [0.717, 1.165) is 0 Å². The van der Waals surface area contributed by atoms with E-state index >= 15 is 0 Å². The molecule has 126 valence electrons. The number of halogens is 1. The van der Waals surface area contributed by atoms with Gasteiger partial charge in [0, 0.05) is 6.07 Å². The van der Waals surface area contributed by atoms with Crippen LogP contribution in [0, 0.1) is 11.3 Å². The fourth-order valence-corrected chi connectivity index (χ4v) is 1.91. The van der Waals surface area contributed by atoms with Crippen molar-refractivity contribution in [1.82, 2.24) is 0 Å². The first-order valence-electron chi connectivity index (χ1n) is 6.67. The van der Waals surface area contributed by atoms with Gasteiger partial charge in [-0.25, -0.2) is 9.59 Å². The van der Waals surface area contributed by atoms with Crippen LogP contribution in [0.1, 0.15) is 5.56 Å². The van der Waals surface area contributed by atoms with Gasteiger partial charge >= 0.3 is 0 Å². The molecule has 0 amide bonds. The van der Waals surface area contributed by atoms with Gasteiger partial charge in [0.1, 0.15) is 17.2 Å². The van der Waals surface area contributed by atoms with Gasteiger partial charge < -0.3 is 9.47 Å². The van der Waals surface area contributed by atoms with Crippen LogP contribution < -0.4 is 9.47 Å². The van der Waals surface area contributed by atoms with Crippen LogP contribution in [0.4, 0.5) is 11.4 Å². The van der Waals surface area contributed by atoms with Crippen LogP contribution >= 0.6 is 11.6 Å². The lowest BCUT2D eigenvalue weighted by Crippen LogP contribution is -1.88. The normalized spacial score (nSPS) is 8.56. The Balaban J connectivity index is 0.000000257. The SMILES string of the molecule is COc1cc(OC)c(N=C=O)cc1Cl.N#Cc1cccc(N=C=O)c1. The summed E-state index contributed by atoms with van der Waals surface area (Å²) in [5.41, 5.74) is 1.27. The summed E-state index contributed by atoms with van der Waals surface area (Å²) in [4.78, 5) is 26.7. The van der Waals surface area contributed by atoms with Crippen LogP contribution in [0.5, 0.6) is 11.5 Å². The minimum atomic E-state index is 0.327. The number of hydrogen-bond donors (Lipinski definition) is 0. The Morgan fingerprint density at radius 2 is 1.68 bits per heavy atom. The first-order chi connectivity index (χ1) is 12.1. The summed E-state index contributed by atoms with van der Waals surface area (Å²) in [7, 11) is 2.95. The van der Waals surface area contributed by atoms with E-state index in [9.17, 15) is 9.59 Å². The molecule has 2 rings (SSSR count). The molecule has 0 spiro atoms. The topological polar surface area (TPSA) is 101 Å². The zero-order chi connectivity index (χ0) is 18.7. The molecule has 0 bridgehead atoms. The van der Waals surface area contributed by atoms with Crippen molar-refractivity contribution in [3.63, 3.8) is 0 Å². The maximum absolute atomic E-state index is 10.1. The average Bonchev–Trinajstić information content (AvgIpc) is 2.63. The molecule has 0 saturated heterocycles. The number of benzene rings is 2. The standard InChI is InChI=1S/C9H8ClNO3.C8H4N2O/c1-13-8-4-9(14-2)7(11-5-12)3-6(8)10;9-5-7-2-1-3-8(4-7)10-6-11/h3-4H,1-2H3;1-4H. The molecule has 0 aliphatic rings. The lowest BCUT2D eigenvalue weighted by atomic mass is 10.2. The van der Waals surface area contributed by atoms with Gasteiger partial charge in [-0.1, -0.05) is 17.7 Å². The van der Waals surface area contributed by atoms with Gasteiger partial charge in [-0.05, 0) is 24.3 Å². The molecule has 0 fully saturated rings. The summed E-state index contributed by atoms with van der Waals surface area (Å²) in [6, 6.07) is 11.4. The molecule has 2 aromatic carbocycles. The monoisotopic (exact) mass is 357 g/mol. The first-order valence-corrected chi connectivity index (χ1v) is 7.04. The van der Waals surface area contributed by atoms with E-state index in [1.54, 1.807) is 24.3 Å². The molecule has 0 N–H and O–H groups in total. The van der Waals surface area contributed by atoms with Gasteiger partial charge in [0.05, 0.1) is 36.6 Å². The Kier molecular flexibility index (Phi) is 8.14. The highest BCUT2D eigenvalue weighted by molar-refractivity contribution is 6.32. The second-order valence-electron chi connectivity index (χ2n) is 4.23. The molecule has 0 heterocycles. The summed E-state index contributed by atoms with van der Waals surface area (Å²) in [6.45, 7) is 0. The fourth-order valence-electron chi connectivity index (χ4n) is 1.68. The molecule has 0 aliphatic heterocycles. The number of carbonyl (C=O) groups excluding carboxylic acids is 2. The van der Waals surface area contributed by atoms with Crippen LogP contribution in [0.25, 0.3) is 0 Å². The predicted molar refractivity (Wildman–Crippen MR) is 91.3 cm³/mol. The van der Waals surface area contributed by atoms with E-state index in [0.29, 0.717) is 33.5 Å².